The van der Waals surface area contributed by atoms with Crippen LogP contribution in [0.3, 0.4) is 0 Å². The Balaban J connectivity index is 0.709. The summed E-state index contributed by atoms with van der Waals surface area (Å²) >= 11 is 7.80. The van der Waals surface area contributed by atoms with Gasteiger partial charge in [-0.3, -0.25) is 0 Å². The molecule has 0 unspecified atom stereocenters. The zero-order valence-corrected chi connectivity index (χ0v) is 43.0. The third-order valence-corrected chi connectivity index (χ3v) is 16.6. The zero-order chi connectivity index (χ0) is 46.6. The van der Waals surface area contributed by atoms with Gasteiger partial charge in [-0.1, -0.05) is 155 Å². The summed E-state index contributed by atoms with van der Waals surface area (Å²) in [5, 5.41) is 0. The normalized spacial score (nSPS) is 13.7. The van der Waals surface area contributed by atoms with Crippen LogP contribution in [0, 0.1) is 0 Å². The van der Waals surface area contributed by atoms with E-state index in [2.05, 4.69) is 224 Å². The van der Waals surface area contributed by atoms with E-state index >= 15 is 0 Å². The van der Waals surface area contributed by atoms with Crippen molar-refractivity contribution in [3.63, 3.8) is 0 Å². The number of nitrogens with zero attached hydrogens (tertiary/aromatic N) is 2. The molecule has 3 aliphatic rings. The lowest BCUT2D eigenvalue weighted by Gasteiger charge is -2.33. The Morgan fingerprint density at radius 2 is 0.710 bits per heavy atom. The van der Waals surface area contributed by atoms with Crippen molar-refractivity contribution in [3.05, 3.63) is 235 Å². The van der Waals surface area contributed by atoms with E-state index < -0.39 is 0 Å². The van der Waals surface area contributed by atoms with Gasteiger partial charge in [-0.2, -0.15) is 0 Å². The molecule has 0 heterocycles. The minimum atomic E-state index is 0.0263. The second kappa shape index (κ2) is 20.7. The molecule has 0 fully saturated rings. The van der Waals surface area contributed by atoms with Crippen molar-refractivity contribution in [2.24, 2.45) is 0 Å². The summed E-state index contributed by atoms with van der Waals surface area (Å²) in [6.45, 7) is 0. The van der Waals surface area contributed by atoms with Crippen LogP contribution in [0.2, 0.25) is 0 Å². The van der Waals surface area contributed by atoms with Gasteiger partial charge in [-0.05, 0) is 217 Å². The fourth-order valence-corrected chi connectivity index (χ4v) is 12.4. The molecule has 0 aliphatic heterocycles. The highest BCUT2D eigenvalue weighted by Gasteiger charge is 2.42. The van der Waals surface area contributed by atoms with E-state index in [9.17, 15) is 0 Å². The Hall–Kier alpha value is -5.68. The van der Waals surface area contributed by atoms with Crippen molar-refractivity contribution in [1.82, 2.24) is 0 Å². The summed E-state index contributed by atoms with van der Waals surface area (Å²) < 4.78 is 2.36. The van der Waals surface area contributed by atoms with Crippen LogP contribution in [0.15, 0.2) is 191 Å². The number of fused-ring (bicyclic) bond motifs is 5. The lowest BCUT2D eigenvalue weighted by atomic mass is 9.70. The summed E-state index contributed by atoms with van der Waals surface area (Å²) in [6, 6.07) is 68.4. The van der Waals surface area contributed by atoms with Crippen molar-refractivity contribution in [2.45, 2.75) is 108 Å². The van der Waals surface area contributed by atoms with Crippen LogP contribution in [0.1, 0.15) is 109 Å². The average Bonchev–Trinajstić information content (AvgIpc) is 3.61. The molecule has 0 saturated carbocycles. The Morgan fingerprint density at radius 1 is 0.333 bits per heavy atom. The minimum absolute atomic E-state index is 0.0263. The number of unbranched alkanes of at least 4 members (excludes halogenated alkanes) is 6. The number of benzene rings is 8. The van der Waals surface area contributed by atoms with E-state index in [0.29, 0.717) is 0 Å². The van der Waals surface area contributed by atoms with Crippen molar-refractivity contribution in [3.8, 4) is 11.1 Å². The van der Waals surface area contributed by atoms with Crippen LogP contribution in [-0.2, 0) is 43.9 Å². The second-order valence-corrected chi connectivity index (χ2v) is 21.7. The molecule has 346 valence electrons. The third kappa shape index (κ3) is 9.77. The number of anilines is 6. The summed E-state index contributed by atoms with van der Waals surface area (Å²) in [4.78, 5) is 4.81. The molecule has 0 saturated heterocycles. The van der Waals surface area contributed by atoms with Gasteiger partial charge in [0.15, 0.2) is 0 Å². The van der Waals surface area contributed by atoms with Gasteiger partial charge in [0.05, 0.1) is 0 Å². The summed E-state index contributed by atoms with van der Waals surface area (Å²) in [5.41, 5.74) is 22.1. The van der Waals surface area contributed by atoms with Gasteiger partial charge in [-0.25, -0.2) is 0 Å². The van der Waals surface area contributed by atoms with E-state index in [1.807, 2.05) is 0 Å². The van der Waals surface area contributed by atoms with Crippen LogP contribution in [0.5, 0.6) is 0 Å². The highest BCUT2D eigenvalue weighted by atomic mass is 79.9. The highest BCUT2D eigenvalue weighted by Crippen LogP contribution is 2.55. The monoisotopic (exact) mass is 1030 g/mol. The van der Waals surface area contributed by atoms with Crippen LogP contribution in [0.25, 0.3) is 11.1 Å². The topological polar surface area (TPSA) is 6.48 Å². The smallest absolute Gasteiger partial charge is 0.0464 e. The Labute approximate surface area is 427 Å². The van der Waals surface area contributed by atoms with Gasteiger partial charge < -0.3 is 9.80 Å². The standard InChI is InChI=1S/C65H62Br2N2/c66-53-31-39-61-62-40-32-54(67)46-64(62)65(63(61)45-53,41-13-3-1-7-15-47-21-33-57(34-22-47)68(55-17-9-5-10-18-55)59-37-29-49-25-27-51(49)43-59)42-14-4-2-8-16-48-23-35-58(36-24-48)69(56-19-11-6-12-20-56)60-38-30-50-26-28-52(50)44-60/h5-6,9-12,17-24,29-40,43-46H,1-4,7-8,13-16,25-28,41-42H2. The highest BCUT2D eigenvalue weighted by molar-refractivity contribution is 9.10. The predicted molar refractivity (Wildman–Crippen MR) is 299 cm³/mol. The lowest BCUT2D eigenvalue weighted by molar-refractivity contribution is 0.399. The molecule has 8 aromatic rings. The largest absolute Gasteiger partial charge is 0.310 e. The molecule has 69 heavy (non-hydrogen) atoms. The Morgan fingerprint density at radius 3 is 1.10 bits per heavy atom. The maximum absolute atomic E-state index is 3.90. The van der Waals surface area contributed by atoms with Crippen molar-refractivity contribution >= 4 is 66.0 Å². The number of hydrogen-bond donors (Lipinski definition) is 0. The van der Waals surface area contributed by atoms with Gasteiger partial charge in [0.2, 0.25) is 0 Å². The molecule has 0 spiro atoms. The number of rotatable bonds is 20. The van der Waals surface area contributed by atoms with E-state index in [0.717, 1.165) is 12.8 Å². The molecule has 0 aromatic heterocycles. The van der Waals surface area contributed by atoms with Gasteiger partial charge in [-0.15, -0.1) is 0 Å². The van der Waals surface area contributed by atoms with E-state index in [1.54, 1.807) is 0 Å². The molecule has 0 N–H and O–H groups in total. The molecule has 0 radical (unpaired) electrons. The molecule has 0 amide bonds. The fraction of sp³-hybridized carbons (Fsp3) is 0.262. The zero-order valence-electron chi connectivity index (χ0n) is 39.8. The maximum atomic E-state index is 3.90. The molecule has 2 nitrogen and oxygen atoms in total. The van der Waals surface area contributed by atoms with E-state index in [4.69, 9.17) is 0 Å². The molecular weight excluding hydrogens is 969 g/mol. The minimum Gasteiger partial charge on any atom is -0.310 e. The van der Waals surface area contributed by atoms with E-state index in [-0.39, 0.29) is 5.41 Å². The Kier molecular flexibility index (Phi) is 13.7. The van der Waals surface area contributed by atoms with Crippen LogP contribution in [-0.4, -0.2) is 0 Å². The quantitative estimate of drug-likeness (QED) is 0.0702. The molecular formula is C65H62Br2N2. The van der Waals surface area contributed by atoms with Crippen molar-refractivity contribution < 1.29 is 0 Å². The first-order valence-corrected chi connectivity index (χ1v) is 27.3. The van der Waals surface area contributed by atoms with Gasteiger partial charge in [0.1, 0.15) is 0 Å². The number of aryl methyl sites for hydroxylation is 6. The van der Waals surface area contributed by atoms with Crippen molar-refractivity contribution in [1.29, 1.82) is 0 Å². The van der Waals surface area contributed by atoms with E-state index in [1.165, 1.54) is 189 Å². The summed E-state index contributed by atoms with van der Waals surface area (Å²) in [5.74, 6) is 0. The number of para-hydroxylation sites is 2. The fourth-order valence-electron chi connectivity index (χ4n) is 11.6. The van der Waals surface area contributed by atoms with Crippen LogP contribution >= 0.6 is 31.9 Å². The predicted octanol–water partition coefficient (Wildman–Crippen LogP) is 19.0. The molecule has 11 rings (SSSR count). The van der Waals surface area contributed by atoms with Crippen LogP contribution < -0.4 is 9.80 Å². The molecule has 3 aliphatic carbocycles. The van der Waals surface area contributed by atoms with Crippen molar-refractivity contribution in [2.75, 3.05) is 9.80 Å². The lowest BCUT2D eigenvalue weighted by Crippen LogP contribution is -2.25. The first kappa shape index (κ1) is 45.7. The maximum Gasteiger partial charge on any atom is 0.0464 e. The number of hydrogen-bond acceptors (Lipinski definition) is 2. The second-order valence-electron chi connectivity index (χ2n) is 19.9. The molecule has 0 bridgehead atoms. The first-order chi connectivity index (χ1) is 34.0. The first-order valence-electron chi connectivity index (χ1n) is 25.7. The van der Waals surface area contributed by atoms with Gasteiger partial charge >= 0.3 is 0 Å². The third-order valence-electron chi connectivity index (χ3n) is 15.6. The van der Waals surface area contributed by atoms with Gasteiger partial charge in [0, 0.05) is 48.5 Å². The molecule has 8 aromatic carbocycles. The molecule has 4 heteroatoms. The number of halogens is 2. The van der Waals surface area contributed by atoms with Crippen LogP contribution in [0.4, 0.5) is 34.1 Å². The molecule has 0 atom stereocenters. The Bertz CT molecular complexity index is 2820. The average molecular weight is 1030 g/mol. The summed E-state index contributed by atoms with van der Waals surface area (Å²) in [6.07, 6.45) is 19.3. The van der Waals surface area contributed by atoms with Gasteiger partial charge in [0.25, 0.3) is 0 Å². The summed E-state index contributed by atoms with van der Waals surface area (Å²) in [7, 11) is 0. The SMILES string of the molecule is Brc1ccc2c(c1)C(CCCCCCc1ccc(N(c3ccccc3)c3ccc4c(c3)CC4)cc1)(CCCCCCc1ccc(N(c3ccccc3)c3ccc4c(c3)CC4)cc1)c1cc(Br)ccc1-2.